The lowest BCUT2D eigenvalue weighted by atomic mass is 10.0. The first kappa shape index (κ1) is 19.9. The summed E-state index contributed by atoms with van der Waals surface area (Å²) in [6.45, 7) is 0.249. The summed E-state index contributed by atoms with van der Waals surface area (Å²) in [6, 6.07) is 0. The maximum Gasteiger partial charge on any atom is 0.0770 e. The van der Waals surface area contributed by atoms with Crippen molar-refractivity contribution in [2.24, 2.45) is 0 Å². The molecule has 0 aromatic heterocycles. The number of aliphatic hydroxyl groups excluding tert-OH is 3. The lowest BCUT2D eigenvalue weighted by Crippen LogP contribution is -2.10. The fourth-order valence-electron chi connectivity index (χ4n) is 2.53. The Labute approximate surface area is 125 Å². The number of hydrogen-bond acceptors (Lipinski definition) is 3. The highest BCUT2D eigenvalue weighted by Crippen LogP contribution is 2.13. The molecule has 0 fully saturated rings. The summed E-state index contributed by atoms with van der Waals surface area (Å²) in [7, 11) is 0. The van der Waals surface area contributed by atoms with E-state index in [4.69, 9.17) is 10.2 Å². The van der Waals surface area contributed by atoms with E-state index in [1.165, 1.54) is 70.6 Å². The summed E-state index contributed by atoms with van der Waals surface area (Å²) in [5.74, 6) is 0. The third-order valence-corrected chi connectivity index (χ3v) is 3.91. The van der Waals surface area contributed by atoms with E-state index in [2.05, 4.69) is 0 Å². The van der Waals surface area contributed by atoms with Gasteiger partial charge in [-0.1, -0.05) is 77.0 Å². The molecule has 0 bridgehead atoms. The van der Waals surface area contributed by atoms with E-state index in [9.17, 15) is 5.11 Å². The minimum absolute atomic E-state index is 0.0972. The van der Waals surface area contributed by atoms with Crippen molar-refractivity contribution in [3.05, 3.63) is 0 Å². The Morgan fingerprint density at radius 1 is 0.500 bits per heavy atom. The maximum absolute atomic E-state index is 9.19. The second-order valence-corrected chi connectivity index (χ2v) is 5.94. The Hall–Kier alpha value is -0.120. The van der Waals surface area contributed by atoms with Gasteiger partial charge >= 0.3 is 0 Å². The summed E-state index contributed by atoms with van der Waals surface area (Å²) >= 11 is 0. The molecule has 3 nitrogen and oxygen atoms in total. The van der Waals surface area contributed by atoms with Crippen LogP contribution >= 0.6 is 0 Å². The fourth-order valence-corrected chi connectivity index (χ4v) is 2.53. The lowest BCUT2D eigenvalue weighted by molar-refractivity contribution is 0.0860. The summed E-state index contributed by atoms with van der Waals surface area (Å²) in [4.78, 5) is 0. The van der Waals surface area contributed by atoms with Crippen LogP contribution in [0.3, 0.4) is 0 Å². The van der Waals surface area contributed by atoms with E-state index in [0.29, 0.717) is 6.61 Å². The Bertz CT molecular complexity index is 174. The molecule has 0 saturated heterocycles. The molecule has 0 spiro atoms. The minimum atomic E-state index is -0.507. The molecule has 0 rings (SSSR count). The van der Waals surface area contributed by atoms with E-state index in [1.807, 2.05) is 0 Å². The highest BCUT2D eigenvalue weighted by atomic mass is 16.3. The van der Waals surface area contributed by atoms with E-state index in [0.717, 1.165) is 19.3 Å². The molecule has 0 unspecified atom stereocenters. The zero-order chi connectivity index (χ0) is 14.9. The fraction of sp³-hybridized carbons (Fsp3) is 1.00. The molecule has 0 aliphatic rings. The third-order valence-electron chi connectivity index (χ3n) is 3.91. The second kappa shape index (κ2) is 16.9. The first-order valence-electron chi connectivity index (χ1n) is 8.71. The van der Waals surface area contributed by atoms with Crippen LogP contribution < -0.4 is 0 Å². The molecule has 0 aliphatic carbocycles. The maximum atomic E-state index is 9.19. The van der Waals surface area contributed by atoms with Crippen molar-refractivity contribution in [3.63, 3.8) is 0 Å². The largest absolute Gasteiger partial charge is 0.396 e. The minimum Gasteiger partial charge on any atom is -0.396 e. The topological polar surface area (TPSA) is 60.7 Å². The molecular formula is C17H36O3. The Balaban J connectivity index is 2.96. The van der Waals surface area contributed by atoms with Crippen LogP contribution in [0.25, 0.3) is 0 Å². The zero-order valence-corrected chi connectivity index (χ0v) is 13.2. The number of rotatable bonds is 16. The average Bonchev–Trinajstić information content (AvgIpc) is 2.47. The predicted molar refractivity (Wildman–Crippen MR) is 84.8 cm³/mol. The first-order chi connectivity index (χ1) is 9.81. The normalized spacial score (nSPS) is 12.8. The summed E-state index contributed by atoms with van der Waals surface area (Å²) in [5, 5.41) is 26.5. The Kier molecular flexibility index (Phi) is 16.8. The van der Waals surface area contributed by atoms with Gasteiger partial charge in [0.15, 0.2) is 0 Å². The van der Waals surface area contributed by atoms with Crippen molar-refractivity contribution in [1.29, 1.82) is 0 Å². The molecule has 0 saturated carbocycles. The summed E-state index contributed by atoms with van der Waals surface area (Å²) < 4.78 is 0. The molecule has 0 heterocycles. The SMILES string of the molecule is OCCCCCCCCCCCCCCC[C@H](O)CO. The van der Waals surface area contributed by atoms with Crippen LogP contribution in [-0.2, 0) is 0 Å². The first-order valence-corrected chi connectivity index (χ1v) is 8.71. The number of unbranched alkanes of at least 4 members (excludes halogenated alkanes) is 12. The van der Waals surface area contributed by atoms with Crippen LogP contribution in [0.4, 0.5) is 0 Å². The van der Waals surface area contributed by atoms with Gasteiger partial charge in [0.05, 0.1) is 12.7 Å². The van der Waals surface area contributed by atoms with Crippen LogP contribution in [0.5, 0.6) is 0 Å². The van der Waals surface area contributed by atoms with Crippen molar-refractivity contribution >= 4 is 0 Å². The van der Waals surface area contributed by atoms with Gasteiger partial charge in [0.1, 0.15) is 0 Å². The molecule has 3 heteroatoms. The van der Waals surface area contributed by atoms with Crippen molar-refractivity contribution in [3.8, 4) is 0 Å². The highest BCUT2D eigenvalue weighted by molar-refractivity contribution is 4.54. The highest BCUT2D eigenvalue weighted by Gasteiger charge is 2.00. The number of hydrogen-bond donors (Lipinski definition) is 3. The monoisotopic (exact) mass is 288 g/mol. The molecule has 122 valence electrons. The summed E-state index contributed by atoms with van der Waals surface area (Å²) in [6.07, 6.45) is 16.6. The van der Waals surface area contributed by atoms with Crippen LogP contribution in [0.15, 0.2) is 0 Å². The standard InChI is InChI=1S/C17H36O3/c18-15-13-11-9-7-5-3-1-2-4-6-8-10-12-14-17(20)16-19/h17-20H,1-16H2/t17-/m0/s1. The van der Waals surface area contributed by atoms with Crippen molar-refractivity contribution in [2.45, 2.75) is 96.0 Å². The Morgan fingerprint density at radius 2 is 0.850 bits per heavy atom. The van der Waals surface area contributed by atoms with E-state index < -0.39 is 6.10 Å². The van der Waals surface area contributed by atoms with Crippen LogP contribution in [-0.4, -0.2) is 34.6 Å². The zero-order valence-electron chi connectivity index (χ0n) is 13.2. The van der Waals surface area contributed by atoms with Gasteiger partial charge in [0.25, 0.3) is 0 Å². The molecule has 0 aromatic rings. The molecule has 20 heavy (non-hydrogen) atoms. The molecule has 0 aliphatic heterocycles. The number of aliphatic hydroxyl groups is 3. The molecule has 0 aromatic carbocycles. The predicted octanol–water partition coefficient (Wildman–Crippen LogP) is 3.79. The van der Waals surface area contributed by atoms with E-state index in [1.54, 1.807) is 0 Å². The van der Waals surface area contributed by atoms with Crippen LogP contribution in [0.1, 0.15) is 89.9 Å². The Morgan fingerprint density at radius 3 is 1.20 bits per heavy atom. The molecular weight excluding hydrogens is 252 g/mol. The van der Waals surface area contributed by atoms with Crippen LogP contribution in [0.2, 0.25) is 0 Å². The third kappa shape index (κ3) is 15.9. The van der Waals surface area contributed by atoms with E-state index in [-0.39, 0.29) is 6.61 Å². The second-order valence-electron chi connectivity index (χ2n) is 5.94. The van der Waals surface area contributed by atoms with Gasteiger partial charge in [-0.05, 0) is 12.8 Å². The van der Waals surface area contributed by atoms with E-state index >= 15 is 0 Å². The lowest BCUT2D eigenvalue weighted by Gasteiger charge is -2.06. The average molecular weight is 288 g/mol. The van der Waals surface area contributed by atoms with Gasteiger partial charge in [-0.2, -0.15) is 0 Å². The molecule has 0 amide bonds. The van der Waals surface area contributed by atoms with Gasteiger partial charge in [-0.15, -0.1) is 0 Å². The van der Waals surface area contributed by atoms with Gasteiger partial charge < -0.3 is 15.3 Å². The van der Waals surface area contributed by atoms with Crippen molar-refractivity contribution in [1.82, 2.24) is 0 Å². The van der Waals surface area contributed by atoms with Crippen LogP contribution in [0, 0.1) is 0 Å². The quantitative estimate of drug-likeness (QED) is 0.379. The van der Waals surface area contributed by atoms with Gasteiger partial charge in [-0.25, -0.2) is 0 Å². The molecule has 1 atom stereocenters. The van der Waals surface area contributed by atoms with Gasteiger partial charge in [0, 0.05) is 6.61 Å². The molecule has 3 N–H and O–H groups in total. The van der Waals surface area contributed by atoms with Gasteiger partial charge in [0.2, 0.25) is 0 Å². The van der Waals surface area contributed by atoms with Crippen molar-refractivity contribution in [2.75, 3.05) is 13.2 Å². The molecule has 0 radical (unpaired) electrons. The summed E-state index contributed by atoms with van der Waals surface area (Å²) in [5.41, 5.74) is 0. The van der Waals surface area contributed by atoms with Crippen molar-refractivity contribution < 1.29 is 15.3 Å². The smallest absolute Gasteiger partial charge is 0.0770 e. The van der Waals surface area contributed by atoms with Gasteiger partial charge in [-0.3, -0.25) is 0 Å².